The Morgan fingerprint density at radius 3 is 2.59 bits per heavy atom. The van der Waals surface area contributed by atoms with Crippen LogP contribution in [0.4, 0.5) is 5.69 Å². The number of benzene rings is 2. The Bertz CT molecular complexity index is 1090. The highest BCUT2D eigenvalue weighted by Gasteiger charge is 2.21. The van der Waals surface area contributed by atoms with Crippen molar-refractivity contribution in [2.24, 2.45) is 0 Å². The SMILES string of the molecule is Cl.Cl.Nc1cccc(-c2nnc(SCC(=O)NC3CCN(Cc4ccc(Cl)c(Cl)c4)CC3)o2)c1. The van der Waals surface area contributed by atoms with Crippen LogP contribution in [0.2, 0.25) is 10.0 Å². The van der Waals surface area contributed by atoms with Crippen LogP contribution in [0.1, 0.15) is 18.4 Å². The molecule has 1 amide bonds. The maximum Gasteiger partial charge on any atom is 0.277 e. The molecule has 0 saturated carbocycles. The maximum atomic E-state index is 12.4. The third-order valence-corrected chi connectivity index (χ3v) is 6.77. The zero-order valence-electron chi connectivity index (χ0n) is 18.1. The number of nitrogens with two attached hydrogens (primary N) is 1. The van der Waals surface area contributed by atoms with Crippen LogP contribution in [-0.4, -0.2) is 45.9 Å². The van der Waals surface area contributed by atoms with Crippen molar-refractivity contribution in [2.75, 3.05) is 24.6 Å². The van der Waals surface area contributed by atoms with Gasteiger partial charge in [-0.2, -0.15) is 0 Å². The van der Waals surface area contributed by atoms with E-state index in [0.29, 0.717) is 26.8 Å². The van der Waals surface area contributed by atoms with Crippen molar-refractivity contribution in [2.45, 2.75) is 30.7 Å². The molecule has 0 aliphatic carbocycles. The quantitative estimate of drug-likeness (QED) is 0.295. The topological polar surface area (TPSA) is 97.3 Å². The Hall–Kier alpha value is -1.68. The predicted octanol–water partition coefficient (Wildman–Crippen LogP) is 5.34. The highest BCUT2D eigenvalue weighted by atomic mass is 35.5. The Morgan fingerprint density at radius 1 is 1.12 bits per heavy atom. The molecule has 34 heavy (non-hydrogen) atoms. The second-order valence-electron chi connectivity index (χ2n) is 7.65. The van der Waals surface area contributed by atoms with Gasteiger partial charge in [-0.1, -0.05) is 47.1 Å². The number of nitrogen functional groups attached to an aromatic ring is 1. The lowest BCUT2D eigenvalue weighted by Crippen LogP contribution is -2.44. The average molecular weight is 565 g/mol. The molecule has 3 N–H and O–H groups in total. The van der Waals surface area contributed by atoms with Crippen molar-refractivity contribution >= 4 is 71.4 Å². The molecule has 0 spiro atoms. The molecule has 0 atom stereocenters. The van der Waals surface area contributed by atoms with E-state index in [2.05, 4.69) is 20.4 Å². The van der Waals surface area contributed by atoms with Crippen molar-refractivity contribution in [1.29, 1.82) is 0 Å². The van der Waals surface area contributed by atoms with Gasteiger partial charge in [0.2, 0.25) is 11.8 Å². The molecule has 1 aromatic heterocycles. The predicted molar refractivity (Wildman–Crippen MR) is 142 cm³/mol. The fourth-order valence-corrected chi connectivity index (χ4v) is 4.48. The first-order valence-corrected chi connectivity index (χ1v) is 12.0. The third kappa shape index (κ3) is 7.93. The van der Waals surface area contributed by atoms with Gasteiger partial charge in [0.15, 0.2) is 0 Å². The summed E-state index contributed by atoms with van der Waals surface area (Å²) in [6, 6.07) is 13.1. The highest BCUT2D eigenvalue weighted by molar-refractivity contribution is 7.99. The number of anilines is 1. The number of likely N-dealkylation sites (tertiary alicyclic amines) is 1. The maximum absolute atomic E-state index is 12.4. The van der Waals surface area contributed by atoms with E-state index in [4.69, 9.17) is 33.4 Å². The van der Waals surface area contributed by atoms with E-state index in [0.717, 1.165) is 43.6 Å². The number of piperidine rings is 1. The summed E-state index contributed by atoms with van der Waals surface area (Å²) in [5, 5.41) is 12.6. The van der Waals surface area contributed by atoms with Crippen LogP contribution >= 0.6 is 59.8 Å². The second-order valence-corrected chi connectivity index (χ2v) is 9.39. The van der Waals surface area contributed by atoms with Gasteiger partial charge >= 0.3 is 0 Å². The first kappa shape index (κ1) is 28.6. The summed E-state index contributed by atoms with van der Waals surface area (Å²) in [7, 11) is 0. The van der Waals surface area contributed by atoms with Gasteiger partial charge in [0.1, 0.15) is 0 Å². The van der Waals surface area contributed by atoms with E-state index in [1.165, 1.54) is 11.8 Å². The summed E-state index contributed by atoms with van der Waals surface area (Å²) in [6.07, 6.45) is 1.80. The van der Waals surface area contributed by atoms with Gasteiger partial charge < -0.3 is 15.5 Å². The fourth-order valence-electron chi connectivity index (χ4n) is 3.58. The number of nitrogens with zero attached hydrogens (tertiary/aromatic N) is 3. The number of hydrogen-bond donors (Lipinski definition) is 2. The number of carbonyl (C=O) groups is 1. The summed E-state index contributed by atoms with van der Waals surface area (Å²) in [6.45, 7) is 2.64. The van der Waals surface area contributed by atoms with Gasteiger partial charge in [-0.05, 0) is 48.7 Å². The monoisotopic (exact) mass is 563 g/mol. The minimum Gasteiger partial charge on any atom is -0.411 e. The molecule has 7 nitrogen and oxygen atoms in total. The van der Waals surface area contributed by atoms with Gasteiger partial charge in [-0.15, -0.1) is 35.0 Å². The van der Waals surface area contributed by atoms with Gasteiger partial charge in [-0.3, -0.25) is 9.69 Å². The van der Waals surface area contributed by atoms with Gasteiger partial charge in [-0.25, -0.2) is 0 Å². The van der Waals surface area contributed by atoms with Crippen LogP contribution in [0, 0.1) is 0 Å². The summed E-state index contributed by atoms with van der Waals surface area (Å²) in [5.74, 6) is 0.568. The number of hydrogen-bond acceptors (Lipinski definition) is 7. The Morgan fingerprint density at radius 2 is 1.88 bits per heavy atom. The lowest BCUT2D eigenvalue weighted by molar-refractivity contribution is -0.119. The van der Waals surface area contributed by atoms with Gasteiger partial charge in [0.25, 0.3) is 5.22 Å². The number of thioether (sulfide) groups is 1. The van der Waals surface area contributed by atoms with E-state index >= 15 is 0 Å². The molecule has 1 aliphatic rings. The zero-order chi connectivity index (χ0) is 22.5. The average Bonchev–Trinajstić information content (AvgIpc) is 3.26. The first-order valence-electron chi connectivity index (χ1n) is 10.2. The number of carbonyl (C=O) groups excluding carboxylic acids is 1. The van der Waals surface area contributed by atoms with Crippen LogP contribution in [0.25, 0.3) is 11.5 Å². The van der Waals surface area contributed by atoms with E-state index < -0.39 is 0 Å². The molecule has 3 aromatic rings. The molecular weight excluding hydrogens is 540 g/mol. The number of nitrogens with one attached hydrogen (secondary N) is 1. The Balaban J connectivity index is 0.00000204. The van der Waals surface area contributed by atoms with Crippen molar-refractivity contribution in [3.63, 3.8) is 0 Å². The molecule has 2 heterocycles. The highest BCUT2D eigenvalue weighted by Crippen LogP contribution is 2.25. The second kappa shape index (κ2) is 13.4. The molecule has 1 fully saturated rings. The van der Waals surface area contributed by atoms with E-state index in [-0.39, 0.29) is 42.5 Å². The molecule has 184 valence electrons. The molecular formula is C22H25Cl4N5O2S. The fraction of sp³-hybridized carbons (Fsp3) is 0.318. The van der Waals surface area contributed by atoms with E-state index in [9.17, 15) is 4.79 Å². The lowest BCUT2D eigenvalue weighted by Gasteiger charge is -2.32. The molecule has 2 aromatic carbocycles. The molecule has 1 aliphatic heterocycles. The van der Waals surface area contributed by atoms with Crippen molar-refractivity contribution < 1.29 is 9.21 Å². The minimum atomic E-state index is -0.0401. The zero-order valence-corrected chi connectivity index (χ0v) is 22.0. The van der Waals surface area contributed by atoms with Crippen LogP contribution in [-0.2, 0) is 11.3 Å². The van der Waals surface area contributed by atoms with Gasteiger partial charge in [0, 0.05) is 36.9 Å². The standard InChI is InChI=1S/C22H23Cl2N5O2S.2ClH/c23-18-5-4-14(10-19(18)24)12-29-8-6-17(7-9-29)26-20(30)13-32-22-28-27-21(31-22)15-2-1-3-16(25)11-15;;/h1-5,10-11,17H,6-9,12-13,25H2,(H,26,30);2*1H. The number of aromatic nitrogens is 2. The third-order valence-electron chi connectivity index (χ3n) is 5.21. The van der Waals surface area contributed by atoms with Crippen LogP contribution < -0.4 is 11.1 Å². The Labute approximate surface area is 225 Å². The van der Waals surface area contributed by atoms with E-state index in [1.54, 1.807) is 12.1 Å². The number of rotatable bonds is 7. The van der Waals surface area contributed by atoms with Crippen LogP contribution in [0.15, 0.2) is 52.1 Å². The molecule has 4 rings (SSSR count). The smallest absolute Gasteiger partial charge is 0.277 e. The summed E-state index contributed by atoms with van der Waals surface area (Å²) < 4.78 is 5.63. The molecule has 1 saturated heterocycles. The lowest BCUT2D eigenvalue weighted by atomic mass is 10.0. The first-order chi connectivity index (χ1) is 15.5. The van der Waals surface area contributed by atoms with Crippen molar-refractivity contribution in [3.05, 3.63) is 58.1 Å². The minimum absolute atomic E-state index is 0. The Kier molecular flexibility index (Phi) is 11.3. The van der Waals surface area contributed by atoms with Crippen molar-refractivity contribution in [3.8, 4) is 11.5 Å². The summed E-state index contributed by atoms with van der Waals surface area (Å²) in [4.78, 5) is 14.7. The number of amides is 1. The van der Waals surface area contributed by atoms with Crippen molar-refractivity contribution in [1.82, 2.24) is 20.4 Å². The van der Waals surface area contributed by atoms with E-state index in [1.807, 2.05) is 30.3 Å². The molecule has 0 bridgehead atoms. The summed E-state index contributed by atoms with van der Waals surface area (Å²) >= 11 is 13.3. The summed E-state index contributed by atoms with van der Waals surface area (Å²) in [5.41, 5.74) is 8.30. The molecule has 12 heteroatoms. The molecule has 0 unspecified atom stereocenters. The largest absolute Gasteiger partial charge is 0.411 e. The normalized spacial score (nSPS) is 14.2. The van der Waals surface area contributed by atoms with Crippen LogP contribution in [0.3, 0.4) is 0 Å². The molecule has 0 radical (unpaired) electrons. The number of halogens is 4. The van der Waals surface area contributed by atoms with Crippen LogP contribution in [0.5, 0.6) is 0 Å². The van der Waals surface area contributed by atoms with Gasteiger partial charge in [0.05, 0.1) is 15.8 Å².